The lowest BCUT2D eigenvalue weighted by Gasteiger charge is -2.32. The third-order valence-electron chi connectivity index (χ3n) is 20.1. The Hall–Kier alpha value is -12.2. The van der Waals surface area contributed by atoms with Crippen molar-refractivity contribution in [3.05, 3.63) is 357 Å². The third kappa shape index (κ3) is 14.2. The second kappa shape index (κ2) is 30.0. The fraction of sp³-hybridized carbons (Fsp3) is 0.0625. The molecule has 12 heteroatoms. The van der Waals surface area contributed by atoms with Gasteiger partial charge >= 0.3 is 7.12 Å². The van der Waals surface area contributed by atoms with Crippen LogP contribution in [0, 0.1) is 0 Å². The Balaban J connectivity index is 0.000000129. The zero-order chi connectivity index (χ0) is 73.1. The van der Waals surface area contributed by atoms with Crippen molar-refractivity contribution >= 4 is 87.2 Å². The van der Waals surface area contributed by atoms with Crippen molar-refractivity contribution < 1.29 is 9.31 Å². The maximum absolute atomic E-state index is 6.51. The number of rotatable bonds is 12. The van der Waals surface area contributed by atoms with Gasteiger partial charge in [0.1, 0.15) is 0 Å². The Morgan fingerprint density at radius 1 is 0.241 bits per heavy atom. The van der Waals surface area contributed by atoms with Crippen molar-refractivity contribution in [2.45, 2.75) is 38.9 Å². The van der Waals surface area contributed by atoms with E-state index in [0.717, 1.165) is 55.5 Å². The second-order valence-electron chi connectivity index (χ2n) is 27.7. The maximum Gasteiger partial charge on any atom is 0.494 e. The zero-order valence-electron chi connectivity index (χ0n) is 59.8. The number of halogens is 1. The predicted molar refractivity (Wildman–Crippen MR) is 452 cm³/mol. The van der Waals surface area contributed by atoms with Crippen LogP contribution in [-0.2, 0) is 9.31 Å². The highest BCUT2D eigenvalue weighted by molar-refractivity contribution is 7.27. The van der Waals surface area contributed by atoms with Crippen molar-refractivity contribution in [3.8, 4) is 124 Å². The van der Waals surface area contributed by atoms with E-state index in [1.54, 1.807) is 0 Å². The molecule has 4 aromatic heterocycles. The standard InChI is InChI=1S/C45H29N3S.C36H31BO2S.C15H10ClN3/c1-5-15-30(16-6-1)34-27-35(38-24-14-26-40-39-25-13-23-37(41(39)49-42(38)40)31-17-7-2-8-18-31)29-36(28-34)45-47-43(32-19-9-3-10-20-32)46-44(48-45)33-21-11-4-12-22-33;1-35(2)36(3,4)39-37(38-35)28-22-26(24-13-7-5-8-14-24)21-27(23-28)30-18-12-20-32-31-19-11-17-29(33(31)40-34(30)32)25-15-9-6-10-16-25;16-15-18-13(11-7-3-1-4-8-11)17-14(19-15)12-9-5-2-6-10-12/h1-29H;5-23H,1-4H3;1-10H. The van der Waals surface area contributed by atoms with Crippen LogP contribution < -0.4 is 5.46 Å². The average molecular weight is 1450 g/mol. The molecule has 108 heavy (non-hydrogen) atoms. The first-order chi connectivity index (χ1) is 52.9. The lowest BCUT2D eigenvalue weighted by molar-refractivity contribution is 0.00578. The lowest BCUT2D eigenvalue weighted by Crippen LogP contribution is -2.41. The third-order valence-corrected chi connectivity index (χ3v) is 22.8. The normalized spacial score (nSPS) is 12.9. The van der Waals surface area contributed by atoms with Crippen LogP contribution in [0.1, 0.15) is 27.7 Å². The number of aromatic nitrogens is 6. The monoisotopic (exact) mass is 1450 g/mol. The molecule has 1 saturated heterocycles. The van der Waals surface area contributed by atoms with Gasteiger partial charge in [-0.1, -0.05) is 328 Å². The fourth-order valence-electron chi connectivity index (χ4n) is 13.9. The van der Waals surface area contributed by atoms with Gasteiger partial charge < -0.3 is 9.31 Å². The van der Waals surface area contributed by atoms with Crippen LogP contribution in [0.3, 0.4) is 0 Å². The maximum atomic E-state index is 6.51. The summed E-state index contributed by atoms with van der Waals surface area (Å²) in [5.41, 5.74) is 19.2. The van der Waals surface area contributed by atoms with Gasteiger partial charge in [-0.15, -0.1) is 22.7 Å². The number of hydrogen-bond donors (Lipinski definition) is 0. The van der Waals surface area contributed by atoms with Gasteiger partial charge in [-0.2, -0.15) is 9.97 Å². The molecule has 0 amide bonds. The molecule has 0 atom stereocenters. The van der Waals surface area contributed by atoms with Gasteiger partial charge in [-0.05, 0) is 136 Å². The summed E-state index contributed by atoms with van der Waals surface area (Å²) in [4.78, 5) is 27.9. The van der Waals surface area contributed by atoms with Crippen molar-refractivity contribution in [3.63, 3.8) is 0 Å². The van der Waals surface area contributed by atoms with Crippen LogP contribution >= 0.6 is 34.3 Å². The average Bonchev–Trinajstić information content (AvgIpc) is 1.62. The van der Waals surface area contributed by atoms with Crippen molar-refractivity contribution in [1.29, 1.82) is 0 Å². The van der Waals surface area contributed by atoms with Crippen LogP contribution in [0.2, 0.25) is 5.28 Å². The van der Waals surface area contributed by atoms with Crippen molar-refractivity contribution in [1.82, 2.24) is 29.9 Å². The topological polar surface area (TPSA) is 95.8 Å². The van der Waals surface area contributed by atoms with E-state index in [2.05, 4.69) is 273 Å². The summed E-state index contributed by atoms with van der Waals surface area (Å²) in [5.74, 6) is 3.10. The fourth-order valence-corrected chi connectivity index (χ4v) is 16.8. The summed E-state index contributed by atoms with van der Waals surface area (Å²) in [7, 11) is -0.432. The first-order valence-corrected chi connectivity index (χ1v) is 38.1. The second-order valence-corrected chi connectivity index (χ2v) is 30.0. The van der Waals surface area contributed by atoms with E-state index in [1.165, 1.54) is 84.9 Å². The van der Waals surface area contributed by atoms with Gasteiger partial charge in [0, 0.05) is 68.2 Å². The summed E-state index contributed by atoms with van der Waals surface area (Å²) in [5, 5.41) is 5.33. The molecular weight excluding hydrogens is 1380 g/mol. The Kier molecular flexibility index (Phi) is 19.1. The highest BCUT2D eigenvalue weighted by Crippen LogP contribution is 2.47. The van der Waals surface area contributed by atoms with Gasteiger partial charge in [0.15, 0.2) is 29.1 Å². The molecule has 1 fully saturated rings. The quantitative estimate of drug-likeness (QED) is 0.112. The smallest absolute Gasteiger partial charge is 0.399 e. The van der Waals surface area contributed by atoms with Crippen LogP contribution in [0.4, 0.5) is 0 Å². The van der Waals surface area contributed by atoms with Crippen LogP contribution in [0.25, 0.3) is 164 Å². The molecule has 0 saturated carbocycles. The minimum atomic E-state index is -0.432. The van der Waals surface area contributed by atoms with E-state index in [0.29, 0.717) is 29.1 Å². The van der Waals surface area contributed by atoms with Crippen molar-refractivity contribution in [2.75, 3.05) is 0 Å². The van der Waals surface area contributed by atoms with Crippen LogP contribution in [0.15, 0.2) is 352 Å². The molecule has 0 unspecified atom stereocenters. The first-order valence-electron chi connectivity index (χ1n) is 36.1. The van der Waals surface area contributed by atoms with E-state index in [-0.39, 0.29) is 5.28 Å². The van der Waals surface area contributed by atoms with Gasteiger partial charge in [-0.3, -0.25) is 0 Å². The lowest BCUT2D eigenvalue weighted by atomic mass is 9.76. The van der Waals surface area contributed by atoms with Crippen LogP contribution in [0.5, 0.6) is 0 Å². The number of nitrogens with zero attached hydrogens (tertiary/aromatic N) is 6. The Morgan fingerprint density at radius 2 is 0.481 bits per heavy atom. The molecule has 0 aliphatic carbocycles. The van der Waals surface area contributed by atoms with E-state index in [9.17, 15) is 0 Å². The van der Waals surface area contributed by atoms with Gasteiger partial charge in [-0.25, -0.2) is 19.9 Å². The molecule has 0 spiro atoms. The van der Waals surface area contributed by atoms with E-state index in [4.69, 9.17) is 35.9 Å². The SMILES string of the molecule is CC1(C)OB(c2cc(-c3ccccc3)cc(-c3cccc4c3sc3c(-c5ccccc5)cccc34)c2)OC1(C)C.Clc1nc(-c2ccccc2)nc(-c2ccccc2)n1.c1ccc(-c2cc(-c3nc(-c4ccccc4)nc(-c4ccccc4)n3)cc(-c3cccc4c3sc3c(-c5ccccc5)cccc34)c2)cc1. The highest BCUT2D eigenvalue weighted by atomic mass is 35.5. The highest BCUT2D eigenvalue weighted by Gasteiger charge is 2.52. The minimum Gasteiger partial charge on any atom is -0.399 e. The molecular formula is C96H70BClN6O2S2. The molecule has 18 aromatic rings. The number of benzene rings is 14. The Labute approximate surface area is 641 Å². The zero-order valence-corrected chi connectivity index (χ0v) is 62.1. The number of thiophene rings is 2. The Morgan fingerprint density at radius 3 is 0.815 bits per heavy atom. The molecule has 1 aliphatic rings. The predicted octanol–water partition coefficient (Wildman–Crippen LogP) is 25.5. The summed E-state index contributed by atoms with van der Waals surface area (Å²) in [6.45, 7) is 8.43. The number of fused-ring (bicyclic) bond motifs is 6. The van der Waals surface area contributed by atoms with Gasteiger partial charge in [0.05, 0.1) is 11.2 Å². The molecule has 0 radical (unpaired) electrons. The number of hydrogen-bond acceptors (Lipinski definition) is 10. The van der Waals surface area contributed by atoms with E-state index < -0.39 is 18.3 Å². The summed E-state index contributed by atoms with van der Waals surface area (Å²) < 4.78 is 18.2. The molecule has 5 heterocycles. The van der Waals surface area contributed by atoms with Crippen LogP contribution in [-0.4, -0.2) is 48.2 Å². The molecule has 0 N–H and O–H groups in total. The van der Waals surface area contributed by atoms with Gasteiger partial charge in [0.25, 0.3) is 0 Å². The van der Waals surface area contributed by atoms with Crippen molar-refractivity contribution in [2.24, 2.45) is 0 Å². The molecule has 14 aromatic carbocycles. The Bertz CT molecular complexity index is 6120. The first kappa shape index (κ1) is 68.9. The molecule has 0 bridgehead atoms. The summed E-state index contributed by atoms with van der Waals surface area (Å²) in [6, 6.07) is 122. The molecule has 1 aliphatic heterocycles. The molecule has 518 valence electrons. The largest absolute Gasteiger partial charge is 0.494 e. The summed E-state index contributed by atoms with van der Waals surface area (Å²) in [6.07, 6.45) is 0. The molecule has 19 rings (SSSR count). The minimum absolute atomic E-state index is 0.202. The van der Waals surface area contributed by atoms with Gasteiger partial charge in [0.2, 0.25) is 5.28 Å². The molecule has 8 nitrogen and oxygen atoms in total. The summed E-state index contributed by atoms with van der Waals surface area (Å²) >= 11 is 9.74. The van der Waals surface area contributed by atoms with E-state index >= 15 is 0 Å². The van der Waals surface area contributed by atoms with E-state index in [1.807, 2.05) is 144 Å².